The number of anilines is 1. The van der Waals surface area contributed by atoms with Crippen LogP contribution in [0, 0.1) is 0 Å². The highest BCUT2D eigenvalue weighted by Gasteiger charge is 2.40. The van der Waals surface area contributed by atoms with Crippen LogP contribution in [0.5, 0.6) is 0 Å². The molecule has 0 radical (unpaired) electrons. The fourth-order valence-electron chi connectivity index (χ4n) is 2.42. The Hall–Kier alpha value is -1.35. The third-order valence-electron chi connectivity index (χ3n) is 3.80. The van der Waals surface area contributed by atoms with Crippen LogP contribution < -0.4 is 11.1 Å². The molecular formula is C13H16N2O. The summed E-state index contributed by atoms with van der Waals surface area (Å²) in [6.07, 6.45) is 1.07. The third kappa shape index (κ3) is 1.21. The van der Waals surface area contributed by atoms with Gasteiger partial charge in [0.25, 0.3) is 0 Å². The molecule has 1 amide bonds. The molecule has 1 aromatic rings. The van der Waals surface area contributed by atoms with Crippen LogP contribution in [-0.4, -0.2) is 11.9 Å². The molecular weight excluding hydrogens is 200 g/mol. The first-order valence-electron chi connectivity index (χ1n) is 5.71. The Labute approximate surface area is 95.0 Å². The summed E-state index contributed by atoms with van der Waals surface area (Å²) in [6.45, 7) is 3.93. The SMILES string of the molecule is CC1(C)C(=O)Nc2ccc(C3CC3N)cc21. The van der Waals surface area contributed by atoms with Crippen LogP contribution in [0.1, 0.15) is 37.3 Å². The van der Waals surface area contributed by atoms with E-state index in [0.717, 1.165) is 17.7 Å². The van der Waals surface area contributed by atoms with Crippen molar-refractivity contribution >= 4 is 11.6 Å². The van der Waals surface area contributed by atoms with Gasteiger partial charge in [0.1, 0.15) is 0 Å². The molecule has 16 heavy (non-hydrogen) atoms. The Bertz CT molecular complexity index is 479. The molecule has 2 unspecified atom stereocenters. The van der Waals surface area contributed by atoms with E-state index in [1.165, 1.54) is 5.56 Å². The maximum atomic E-state index is 11.8. The van der Waals surface area contributed by atoms with E-state index in [2.05, 4.69) is 17.4 Å². The predicted molar refractivity (Wildman–Crippen MR) is 63.4 cm³/mol. The number of rotatable bonds is 1. The third-order valence-corrected chi connectivity index (χ3v) is 3.80. The van der Waals surface area contributed by atoms with Crippen molar-refractivity contribution in [2.24, 2.45) is 5.73 Å². The molecule has 0 aromatic heterocycles. The van der Waals surface area contributed by atoms with E-state index in [1.54, 1.807) is 0 Å². The second-order valence-electron chi connectivity index (χ2n) is 5.39. The summed E-state index contributed by atoms with van der Waals surface area (Å²) in [5, 5.41) is 2.92. The highest BCUT2D eigenvalue weighted by Crippen LogP contribution is 2.44. The number of fused-ring (bicyclic) bond motifs is 1. The van der Waals surface area contributed by atoms with Gasteiger partial charge >= 0.3 is 0 Å². The summed E-state index contributed by atoms with van der Waals surface area (Å²) in [7, 11) is 0. The molecule has 1 aliphatic carbocycles. The van der Waals surface area contributed by atoms with Crippen LogP contribution in [0.3, 0.4) is 0 Å². The van der Waals surface area contributed by atoms with Crippen LogP contribution in [0.2, 0.25) is 0 Å². The van der Waals surface area contributed by atoms with Crippen molar-refractivity contribution < 1.29 is 4.79 Å². The molecule has 2 aliphatic rings. The number of hydrogen-bond acceptors (Lipinski definition) is 2. The molecule has 1 aliphatic heterocycles. The monoisotopic (exact) mass is 216 g/mol. The lowest BCUT2D eigenvalue weighted by Crippen LogP contribution is -2.26. The number of nitrogens with two attached hydrogens (primary N) is 1. The summed E-state index contributed by atoms with van der Waals surface area (Å²) in [6, 6.07) is 6.54. The van der Waals surface area contributed by atoms with Crippen LogP contribution >= 0.6 is 0 Å². The first-order valence-corrected chi connectivity index (χ1v) is 5.71. The van der Waals surface area contributed by atoms with Gasteiger partial charge in [-0.15, -0.1) is 0 Å². The van der Waals surface area contributed by atoms with Crippen LogP contribution in [0.4, 0.5) is 5.69 Å². The second kappa shape index (κ2) is 2.86. The van der Waals surface area contributed by atoms with Crippen molar-refractivity contribution in [2.75, 3.05) is 5.32 Å². The van der Waals surface area contributed by atoms with Gasteiger partial charge in [-0.1, -0.05) is 12.1 Å². The Morgan fingerprint density at radius 3 is 2.75 bits per heavy atom. The van der Waals surface area contributed by atoms with Crippen molar-refractivity contribution in [1.29, 1.82) is 0 Å². The molecule has 3 N–H and O–H groups in total. The molecule has 84 valence electrons. The lowest BCUT2D eigenvalue weighted by molar-refractivity contribution is -0.119. The quantitative estimate of drug-likeness (QED) is 0.751. The lowest BCUT2D eigenvalue weighted by atomic mass is 9.85. The fourth-order valence-corrected chi connectivity index (χ4v) is 2.42. The highest BCUT2D eigenvalue weighted by molar-refractivity contribution is 6.05. The molecule has 0 spiro atoms. The minimum atomic E-state index is -0.412. The van der Waals surface area contributed by atoms with E-state index >= 15 is 0 Å². The van der Waals surface area contributed by atoms with Crippen molar-refractivity contribution in [3.05, 3.63) is 29.3 Å². The molecule has 1 aromatic carbocycles. The van der Waals surface area contributed by atoms with Gasteiger partial charge in [0.05, 0.1) is 5.41 Å². The Kier molecular flexibility index (Phi) is 1.76. The number of benzene rings is 1. The van der Waals surface area contributed by atoms with Crippen molar-refractivity contribution in [3.8, 4) is 0 Å². The maximum absolute atomic E-state index is 11.8. The molecule has 1 fully saturated rings. The minimum absolute atomic E-state index is 0.0831. The van der Waals surface area contributed by atoms with Gasteiger partial charge in [-0.25, -0.2) is 0 Å². The summed E-state index contributed by atoms with van der Waals surface area (Å²) in [4.78, 5) is 11.8. The average molecular weight is 216 g/mol. The molecule has 0 bridgehead atoms. The van der Waals surface area contributed by atoms with Gasteiger partial charge in [-0.2, -0.15) is 0 Å². The number of carbonyl (C=O) groups is 1. The predicted octanol–water partition coefficient (Wildman–Crippen LogP) is 1.73. The van der Waals surface area contributed by atoms with Crippen LogP contribution in [0.15, 0.2) is 18.2 Å². The Balaban J connectivity index is 2.06. The van der Waals surface area contributed by atoms with Gasteiger partial charge in [0.15, 0.2) is 0 Å². The topological polar surface area (TPSA) is 55.1 Å². The minimum Gasteiger partial charge on any atom is -0.327 e. The van der Waals surface area contributed by atoms with Crippen molar-refractivity contribution in [1.82, 2.24) is 0 Å². The van der Waals surface area contributed by atoms with Crippen LogP contribution in [0.25, 0.3) is 0 Å². The summed E-state index contributed by atoms with van der Waals surface area (Å²) < 4.78 is 0. The molecule has 3 rings (SSSR count). The first-order chi connectivity index (χ1) is 7.50. The zero-order valence-corrected chi connectivity index (χ0v) is 9.58. The van der Waals surface area contributed by atoms with Gasteiger partial charge in [-0.05, 0) is 37.5 Å². The number of amides is 1. The summed E-state index contributed by atoms with van der Waals surface area (Å²) >= 11 is 0. The van der Waals surface area contributed by atoms with Gasteiger partial charge in [-0.3, -0.25) is 4.79 Å². The van der Waals surface area contributed by atoms with E-state index in [-0.39, 0.29) is 5.91 Å². The highest BCUT2D eigenvalue weighted by atomic mass is 16.2. The molecule has 0 saturated heterocycles. The summed E-state index contributed by atoms with van der Waals surface area (Å²) in [5.74, 6) is 0.580. The number of nitrogens with one attached hydrogen (secondary N) is 1. The smallest absolute Gasteiger partial charge is 0.234 e. The van der Waals surface area contributed by atoms with E-state index in [0.29, 0.717) is 12.0 Å². The first kappa shape index (κ1) is 9.85. The Morgan fingerprint density at radius 1 is 1.44 bits per heavy atom. The van der Waals surface area contributed by atoms with E-state index in [4.69, 9.17) is 5.73 Å². The van der Waals surface area contributed by atoms with Gasteiger partial charge in [0.2, 0.25) is 5.91 Å². The van der Waals surface area contributed by atoms with Crippen molar-refractivity contribution in [2.45, 2.75) is 37.6 Å². The number of carbonyl (C=O) groups excluding carboxylic acids is 1. The largest absolute Gasteiger partial charge is 0.327 e. The normalized spacial score (nSPS) is 29.8. The second-order valence-corrected chi connectivity index (χ2v) is 5.39. The van der Waals surface area contributed by atoms with Crippen LogP contribution in [-0.2, 0) is 10.2 Å². The number of hydrogen-bond donors (Lipinski definition) is 2. The maximum Gasteiger partial charge on any atom is 0.234 e. The van der Waals surface area contributed by atoms with E-state index in [9.17, 15) is 4.79 Å². The average Bonchev–Trinajstić information content (AvgIpc) is 2.90. The zero-order valence-electron chi connectivity index (χ0n) is 9.58. The molecule has 1 heterocycles. The zero-order chi connectivity index (χ0) is 11.5. The summed E-state index contributed by atoms with van der Waals surface area (Å²) in [5.41, 5.74) is 8.78. The standard InChI is InChI=1S/C13H16N2O/c1-13(2)9-5-7(8-6-10(8)14)3-4-11(9)15-12(13)16/h3-5,8,10H,6,14H2,1-2H3,(H,15,16). The van der Waals surface area contributed by atoms with Crippen molar-refractivity contribution in [3.63, 3.8) is 0 Å². The Morgan fingerprint density at radius 2 is 2.12 bits per heavy atom. The van der Waals surface area contributed by atoms with Gasteiger partial charge < -0.3 is 11.1 Å². The fraction of sp³-hybridized carbons (Fsp3) is 0.462. The lowest BCUT2D eigenvalue weighted by Gasteiger charge is -2.15. The van der Waals surface area contributed by atoms with E-state index in [1.807, 2.05) is 19.9 Å². The molecule has 2 atom stereocenters. The molecule has 3 nitrogen and oxygen atoms in total. The van der Waals surface area contributed by atoms with E-state index < -0.39 is 5.41 Å². The van der Waals surface area contributed by atoms with Gasteiger partial charge in [0, 0.05) is 17.6 Å². The molecule has 1 saturated carbocycles. The molecule has 3 heteroatoms.